The first-order chi connectivity index (χ1) is 10.7. The topological polar surface area (TPSA) is 74.6 Å². The second-order valence-corrected chi connectivity index (χ2v) is 7.27. The van der Waals surface area contributed by atoms with Crippen LogP contribution in [0.5, 0.6) is 0 Å². The molecule has 0 heterocycles. The highest BCUT2D eigenvalue weighted by molar-refractivity contribution is 7.85. The van der Waals surface area contributed by atoms with Gasteiger partial charge in [-0.25, -0.2) is 0 Å². The van der Waals surface area contributed by atoms with Gasteiger partial charge in [-0.15, -0.1) is 0 Å². The molecule has 0 saturated carbocycles. The van der Waals surface area contributed by atoms with Gasteiger partial charge >= 0.3 is 0 Å². The van der Waals surface area contributed by atoms with Crippen LogP contribution in [-0.2, 0) is 16.5 Å². The van der Waals surface area contributed by atoms with Gasteiger partial charge in [-0.3, -0.25) is 4.55 Å². The molecule has 0 bridgehead atoms. The Hall–Kier alpha value is -1.11. The Bertz CT molecular complexity index is 710. The molecule has 1 atom stereocenters. The predicted octanol–water partition coefficient (Wildman–Crippen LogP) is 3.82. The molecule has 0 aliphatic rings. The molecule has 2 N–H and O–H groups in total. The van der Waals surface area contributed by atoms with Crippen LogP contribution < -0.4 is 0 Å². The fourth-order valence-electron chi connectivity index (χ4n) is 1.97. The molecule has 2 rings (SSSR count). The van der Waals surface area contributed by atoms with Crippen molar-refractivity contribution in [2.24, 2.45) is 0 Å². The van der Waals surface area contributed by atoms with Crippen molar-refractivity contribution in [3.05, 3.63) is 69.7 Å². The monoisotopic (exact) mass is 376 g/mol. The molecule has 0 amide bonds. The van der Waals surface area contributed by atoms with E-state index in [9.17, 15) is 13.5 Å². The molecule has 0 radical (unpaired) electrons. The number of benzene rings is 2. The maximum atomic E-state index is 9.52. The molecule has 0 aliphatic carbocycles. The summed E-state index contributed by atoms with van der Waals surface area (Å²) >= 11 is 12.0. The lowest BCUT2D eigenvalue weighted by Crippen LogP contribution is -2.08. The van der Waals surface area contributed by atoms with E-state index in [0.717, 1.165) is 11.1 Å². The second kappa shape index (κ2) is 9.25. The van der Waals surface area contributed by atoms with Crippen LogP contribution in [0.3, 0.4) is 0 Å². The molecule has 2 aromatic rings. The number of halogens is 2. The van der Waals surface area contributed by atoms with Crippen LogP contribution in [0.2, 0.25) is 10.0 Å². The minimum absolute atomic E-state index is 0.0601. The van der Waals surface area contributed by atoms with E-state index in [4.69, 9.17) is 27.8 Å². The normalized spacial score (nSPS) is 12.2. The van der Waals surface area contributed by atoms with Crippen LogP contribution >= 0.6 is 23.2 Å². The maximum Gasteiger partial charge on any atom is 0.261 e. The fraction of sp³-hybridized carbons (Fsp3) is 0.250. The molecule has 0 fully saturated rings. The third-order valence-electron chi connectivity index (χ3n) is 2.97. The van der Waals surface area contributed by atoms with Crippen LogP contribution in [0.15, 0.2) is 48.5 Å². The second-order valence-electron chi connectivity index (χ2n) is 4.96. The summed E-state index contributed by atoms with van der Waals surface area (Å²) in [5, 5.41) is 10.8. The van der Waals surface area contributed by atoms with E-state index < -0.39 is 10.1 Å². The smallest absolute Gasteiger partial charge is 0.261 e. The quantitative estimate of drug-likeness (QED) is 0.795. The van der Waals surface area contributed by atoms with E-state index in [1.165, 1.54) is 0 Å². The highest BCUT2D eigenvalue weighted by Crippen LogP contribution is 2.27. The van der Waals surface area contributed by atoms with Crippen molar-refractivity contribution in [1.82, 2.24) is 0 Å². The lowest BCUT2D eigenvalue weighted by atomic mass is 9.93. The summed E-state index contributed by atoms with van der Waals surface area (Å²) in [4.78, 5) is 0. The Labute approximate surface area is 146 Å². The molecule has 0 aromatic heterocycles. The van der Waals surface area contributed by atoms with Crippen LogP contribution in [-0.4, -0.2) is 30.9 Å². The average molecular weight is 377 g/mol. The zero-order chi connectivity index (χ0) is 17.5. The minimum Gasteiger partial charge on any atom is -0.396 e. The van der Waals surface area contributed by atoms with E-state index >= 15 is 0 Å². The van der Waals surface area contributed by atoms with Crippen LogP contribution in [0, 0.1) is 0 Å². The molecule has 2 aromatic carbocycles. The predicted molar refractivity (Wildman–Crippen MR) is 93.9 cm³/mol. The zero-order valence-electron chi connectivity index (χ0n) is 12.5. The minimum atomic E-state index is -3.67. The van der Waals surface area contributed by atoms with Crippen molar-refractivity contribution >= 4 is 33.3 Å². The van der Waals surface area contributed by atoms with Gasteiger partial charge in [-0.2, -0.15) is 8.42 Å². The van der Waals surface area contributed by atoms with Crippen molar-refractivity contribution < 1.29 is 18.1 Å². The highest BCUT2D eigenvalue weighted by Gasteiger charge is 2.13. The number of rotatable bonds is 4. The van der Waals surface area contributed by atoms with Gasteiger partial charge in [0.15, 0.2) is 0 Å². The van der Waals surface area contributed by atoms with Gasteiger partial charge in [0.1, 0.15) is 0 Å². The van der Waals surface area contributed by atoms with Crippen LogP contribution in [0.4, 0.5) is 0 Å². The van der Waals surface area contributed by atoms with Gasteiger partial charge in [0.25, 0.3) is 10.1 Å². The maximum absolute atomic E-state index is 9.52. The molecule has 7 heteroatoms. The van der Waals surface area contributed by atoms with E-state index in [2.05, 4.69) is 0 Å². The molecule has 0 spiro atoms. The van der Waals surface area contributed by atoms with E-state index in [-0.39, 0.29) is 12.5 Å². The molecule has 0 aliphatic heterocycles. The summed E-state index contributed by atoms with van der Waals surface area (Å²) in [6, 6.07) is 15.4. The third kappa shape index (κ3) is 8.34. The van der Waals surface area contributed by atoms with Crippen molar-refractivity contribution in [2.75, 3.05) is 12.9 Å². The van der Waals surface area contributed by atoms with Crippen molar-refractivity contribution in [3.8, 4) is 0 Å². The standard InChI is InChI=1S/C15H14Cl2O.CH4O3S/c16-14-7-6-12(15(17)9-14)8-13(10-18)11-4-2-1-3-5-11;1-5(2,3)4/h1-7,9,13,18H,8,10H2;1H3,(H,2,3,4). The molecule has 126 valence electrons. The Morgan fingerprint density at radius 1 is 1.09 bits per heavy atom. The lowest BCUT2D eigenvalue weighted by molar-refractivity contribution is 0.264. The fourth-order valence-corrected chi connectivity index (χ4v) is 2.45. The summed E-state index contributed by atoms with van der Waals surface area (Å²) in [6.45, 7) is 0.100. The zero-order valence-corrected chi connectivity index (χ0v) is 14.8. The number of aliphatic hydroxyl groups is 1. The van der Waals surface area contributed by atoms with Gasteiger partial charge in [0.2, 0.25) is 0 Å². The first-order valence-electron chi connectivity index (χ1n) is 6.73. The number of aliphatic hydroxyl groups excluding tert-OH is 1. The van der Waals surface area contributed by atoms with Gasteiger partial charge in [-0.1, -0.05) is 59.6 Å². The number of hydrogen-bond donors (Lipinski definition) is 2. The summed E-state index contributed by atoms with van der Waals surface area (Å²) in [7, 11) is -3.67. The van der Waals surface area contributed by atoms with Gasteiger partial charge in [0, 0.05) is 16.0 Å². The van der Waals surface area contributed by atoms with Gasteiger partial charge in [0.05, 0.1) is 12.9 Å². The van der Waals surface area contributed by atoms with E-state index in [0.29, 0.717) is 22.7 Å². The molecule has 23 heavy (non-hydrogen) atoms. The van der Waals surface area contributed by atoms with E-state index in [1.807, 2.05) is 42.5 Å². The summed E-state index contributed by atoms with van der Waals surface area (Å²) in [5.74, 6) is 0.0601. The SMILES string of the molecule is CS(=O)(=O)O.OCC(Cc1ccc(Cl)cc1Cl)c1ccccc1. The summed E-state index contributed by atoms with van der Waals surface area (Å²) < 4.78 is 25.9. The first-order valence-corrected chi connectivity index (χ1v) is 9.33. The molecular formula is C16H18Cl2O4S. The molecular weight excluding hydrogens is 359 g/mol. The molecule has 0 saturated heterocycles. The lowest BCUT2D eigenvalue weighted by Gasteiger charge is -2.15. The molecule has 4 nitrogen and oxygen atoms in total. The highest BCUT2D eigenvalue weighted by atomic mass is 35.5. The Morgan fingerprint density at radius 2 is 1.65 bits per heavy atom. The van der Waals surface area contributed by atoms with Crippen LogP contribution in [0.25, 0.3) is 0 Å². The Balaban J connectivity index is 0.000000463. The van der Waals surface area contributed by atoms with Crippen molar-refractivity contribution in [2.45, 2.75) is 12.3 Å². The summed E-state index contributed by atoms with van der Waals surface area (Å²) in [5.41, 5.74) is 2.12. The Morgan fingerprint density at radius 3 is 2.13 bits per heavy atom. The first kappa shape index (κ1) is 19.9. The van der Waals surface area contributed by atoms with Gasteiger partial charge < -0.3 is 5.11 Å². The van der Waals surface area contributed by atoms with Gasteiger partial charge in [-0.05, 0) is 29.7 Å². The van der Waals surface area contributed by atoms with E-state index in [1.54, 1.807) is 6.07 Å². The largest absolute Gasteiger partial charge is 0.396 e. The number of hydrogen-bond acceptors (Lipinski definition) is 3. The van der Waals surface area contributed by atoms with Crippen molar-refractivity contribution in [3.63, 3.8) is 0 Å². The summed E-state index contributed by atoms with van der Waals surface area (Å²) in [6.07, 6.45) is 1.42. The van der Waals surface area contributed by atoms with Crippen molar-refractivity contribution in [1.29, 1.82) is 0 Å². The Kier molecular flexibility index (Phi) is 8.02. The molecule has 1 unspecified atom stereocenters. The van der Waals surface area contributed by atoms with Crippen LogP contribution in [0.1, 0.15) is 17.0 Å². The average Bonchev–Trinajstić information content (AvgIpc) is 2.46. The third-order valence-corrected chi connectivity index (χ3v) is 3.56.